The molecule has 0 bridgehead atoms. The molecule has 1 N–H and O–H groups in total. The van der Waals surface area contributed by atoms with Gasteiger partial charge in [-0.15, -0.1) is 0 Å². The van der Waals surface area contributed by atoms with Gasteiger partial charge in [0.25, 0.3) is 11.8 Å². The number of aryl methyl sites for hydroxylation is 3. The van der Waals surface area contributed by atoms with Crippen LogP contribution in [0.2, 0.25) is 0 Å². The third-order valence-corrected chi connectivity index (χ3v) is 5.81. The molecule has 6 nitrogen and oxygen atoms in total. The van der Waals surface area contributed by atoms with Crippen LogP contribution in [0.25, 0.3) is 0 Å². The Labute approximate surface area is 184 Å². The fourth-order valence-electron chi connectivity index (χ4n) is 3.76. The molecule has 2 amide bonds. The molecule has 0 radical (unpaired) electrons. The van der Waals surface area contributed by atoms with Gasteiger partial charge in [-0.25, -0.2) is 0 Å². The van der Waals surface area contributed by atoms with Crippen LogP contribution in [0.15, 0.2) is 36.4 Å². The Morgan fingerprint density at radius 3 is 2.35 bits per heavy atom. The maximum absolute atomic E-state index is 12.5. The smallest absolute Gasteiger partial charge is 0.260 e. The standard InChI is InChI=1S/C25H32N2O4/c1-17-8-9-22(19(3)14-17)30-15-24(28)26-21-10-12-27(13-11-21)25(29)16-31-23-7-5-6-18(2)20(23)4/h5-9,14,21H,10-13,15-16H2,1-4H3,(H,26,28). The van der Waals surface area contributed by atoms with Crippen molar-refractivity contribution >= 4 is 11.8 Å². The van der Waals surface area contributed by atoms with Crippen molar-refractivity contribution in [2.75, 3.05) is 26.3 Å². The second-order valence-electron chi connectivity index (χ2n) is 8.27. The lowest BCUT2D eigenvalue weighted by molar-refractivity contribution is -0.134. The van der Waals surface area contributed by atoms with Crippen LogP contribution in [0.3, 0.4) is 0 Å². The van der Waals surface area contributed by atoms with E-state index in [2.05, 4.69) is 5.32 Å². The third kappa shape index (κ3) is 6.23. The molecular formula is C25H32N2O4. The van der Waals surface area contributed by atoms with E-state index in [0.29, 0.717) is 13.1 Å². The molecule has 0 aliphatic carbocycles. The second kappa shape index (κ2) is 10.3. The van der Waals surface area contributed by atoms with Gasteiger partial charge in [0.15, 0.2) is 13.2 Å². The van der Waals surface area contributed by atoms with E-state index in [9.17, 15) is 9.59 Å². The van der Waals surface area contributed by atoms with Crippen molar-refractivity contribution in [3.8, 4) is 11.5 Å². The molecule has 1 aliphatic heterocycles. The first-order valence-corrected chi connectivity index (χ1v) is 10.8. The maximum atomic E-state index is 12.5. The van der Waals surface area contributed by atoms with E-state index in [0.717, 1.165) is 46.6 Å². The molecule has 6 heteroatoms. The first-order valence-electron chi connectivity index (χ1n) is 10.8. The molecular weight excluding hydrogens is 392 g/mol. The SMILES string of the molecule is Cc1ccc(OCC(=O)NC2CCN(C(=O)COc3cccc(C)c3C)CC2)c(C)c1. The van der Waals surface area contributed by atoms with E-state index in [4.69, 9.17) is 9.47 Å². The van der Waals surface area contributed by atoms with Crippen molar-refractivity contribution in [1.82, 2.24) is 10.2 Å². The average Bonchev–Trinajstić information content (AvgIpc) is 2.74. The summed E-state index contributed by atoms with van der Waals surface area (Å²) in [6.45, 7) is 9.25. The molecule has 31 heavy (non-hydrogen) atoms. The van der Waals surface area contributed by atoms with Crippen molar-refractivity contribution < 1.29 is 19.1 Å². The molecule has 1 saturated heterocycles. The van der Waals surface area contributed by atoms with E-state index in [1.54, 1.807) is 4.90 Å². The zero-order chi connectivity index (χ0) is 22.4. The van der Waals surface area contributed by atoms with Crippen molar-refractivity contribution in [2.45, 2.75) is 46.6 Å². The van der Waals surface area contributed by atoms with Crippen LogP contribution in [0.1, 0.15) is 35.1 Å². The number of rotatable bonds is 7. The van der Waals surface area contributed by atoms with Crippen molar-refractivity contribution in [1.29, 1.82) is 0 Å². The third-order valence-electron chi connectivity index (χ3n) is 5.81. The Hall–Kier alpha value is -3.02. The van der Waals surface area contributed by atoms with Gasteiger partial charge in [-0.2, -0.15) is 0 Å². The van der Waals surface area contributed by atoms with Crippen LogP contribution in [0.5, 0.6) is 11.5 Å². The summed E-state index contributed by atoms with van der Waals surface area (Å²) in [5.74, 6) is 1.32. The van der Waals surface area contributed by atoms with E-state index in [1.165, 1.54) is 0 Å². The number of hydrogen-bond acceptors (Lipinski definition) is 4. The minimum atomic E-state index is -0.136. The molecule has 0 atom stereocenters. The number of amides is 2. The van der Waals surface area contributed by atoms with Crippen molar-refractivity contribution in [3.05, 3.63) is 58.7 Å². The van der Waals surface area contributed by atoms with Crippen LogP contribution in [-0.4, -0.2) is 49.1 Å². The van der Waals surface area contributed by atoms with Crippen LogP contribution >= 0.6 is 0 Å². The number of nitrogens with zero attached hydrogens (tertiary/aromatic N) is 1. The highest BCUT2D eigenvalue weighted by Gasteiger charge is 2.24. The topological polar surface area (TPSA) is 67.9 Å². The summed E-state index contributed by atoms with van der Waals surface area (Å²) in [5, 5.41) is 3.02. The zero-order valence-electron chi connectivity index (χ0n) is 18.9. The summed E-state index contributed by atoms with van der Waals surface area (Å²) in [5.41, 5.74) is 4.38. The number of carbonyl (C=O) groups is 2. The van der Waals surface area contributed by atoms with Crippen LogP contribution < -0.4 is 14.8 Å². The minimum Gasteiger partial charge on any atom is -0.484 e. The second-order valence-corrected chi connectivity index (χ2v) is 8.27. The highest BCUT2D eigenvalue weighted by atomic mass is 16.5. The Balaban J connectivity index is 1.39. The molecule has 0 unspecified atom stereocenters. The quantitative estimate of drug-likeness (QED) is 0.739. The largest absolute Gasteiger partial charge is 0.484 e. The number of hydrogen-bond donors (Lipinski definition) is 1. The summed E-state index contributed by atoms with van der Waals surface area (Å²) in [6, 6.07) is 11.8. The van der Waals surface area contributed by atoms with E-state index in [-0.39, 0.29) is 31.1 Å². The highest BCUT2D eigenvalue weighted by Crippen LogP contribution is 2.21. The normalized spacial score (nSPS) is 14.3. The van der Waals surface area contributed by atoms with Gasteiger partial charge in [0.1, 0.15) is 11.5 Å². The van der Waals surface area contributed by atoms with Gasteiger partial charge in [-0.3, -0.25) is 9.59 Å². The maximum Gasteiger partial charge on any atom is 0.260 e. The summed E-state index contributed by atoms with van der Waals surface area (Å²) >= 11 is 0. The monoisotopic (exact) mass is 424 g/mol. The lowest BCUT2D eigenvalue weighted by atomic mass is 10.0. The molecule has 0 spiro atoms. The van der Waals surface area contributed by atoms with E-state index >= 15 is 0 Å². The zero-order valence-corrected chi connectivity index (χ0v) is 18.9. The molecule has 166 valence electrons. The molecule has 1 aliphatic rings. The summed E-state index contributed by atoms with van der Waals surface area (Å²) < 4.78 is 11.4. The predicted octanol–water partition coefficient (Wildman–Crippen LogP) is 3.49. The van der Waals surface area contributed by atoms with Crippen LogP contribution in [0.4, 0.5) is 0 Å². The fourth-order valence-corrected chi connectivity index (χ4v) is 3.76. The molecule has 0 aromatic heterocycles. The minimum absolute atomic E-state index is 0.00721. The van der Waals surface area contributed by atoms with Gasteiger partial charge in [0.05, 0.1) is 0 Å². The Kier molecular flexibility index (Phi) is 7.55. The summed E-state index contributed by atoms with van der Waals surface area (Å²) in [7, 11) is 0. The number of carbonyl (C=O) groups excluding carboxylic acids is 2. The van der Waals surface area contributed by atoms with Gasteiger partial charge >= 0.3 is 0 Å². The molecule has 3 rings (SSSR count). The summed E-state index contributed by atoms with van der Waals surface area (Å²) in [4.78, 5) is 26.6. The van der Waals surface area contributed by atoms with Crippen molar-refractivity contribution in [2.24, 2.45) is 0 Å². The van der Waals surface area contributed by atoms with Gasteiger partial charge < -0.3 is 19.7 Å². The first kappa shape index (κ1) is 22.7. The van der Waals surface area contributed by atoms with E-state index in [1.807, 2.05) is 64.1 Å². The number of piperidine rings is 1. The van der Waals surface area contributed by atoms with Gasteiger partial charge in [-0.05, 0) is 69.4 Å². The molecule has 0 saturated carbocycles. The summed E-state index contributed by atoms with van der Waals surface area (Å²) in [6.07, 6.45) is 1.45. The first-order chi connectivity index (χ1) is 14.8. The Morgan fingerprint density at radius 2 is 1.65 bits per heavy atom. The number of likely N-dealkylation sites (tertiary alicyclic amines) is 1. The van der Waals surface area contributed by atoms with Gasteiger partial charge in [0, 0.05) is 19.1 Å². The van der Waals surface area contributed by atoms with Gasteiger partial charge in [0.2, 0.25) is 0 Å². The Bertz CT molecular complexity index is 933. The lowest BCUT2D eigenvalue weighted by Crippen LogP contribution is -2.48. The molecule has 1 heterocycles. The van der Waals surface area contributed by atoms with Crippen LogP contribution in [0, 0.1) is 27.7 Å². The van der Waals surface area contributed by atoms with Crippen LogP contribution in [-0.2, 0) is 9.59 Å². The number of ether oxygens (including phenoxy) is 2. The highest BCUT2D eigenvalue weighted by molar-refractivity contribution is 5.79. The van der Waals surface area contributed by atoms with E-state index < -0.39 is 0 Å². The molecule has 1 fully saturated rings. The molecule has 2 aromatic rings. The lowest BCUT2D eigenvalue weighted by Gasteiger charge is -2.32. The Morgan fingerprint density at radius 1 is 0.935 bits per heavy atom. The fraction of sp³-hybridized carbons (Fsp3) is 0.440. The van der Waals surface area contributed by atoms with Crippen molar-refractivity contribution in [3.63, 3.8) is 0 Å². The average molecular weight is 425 g/mol. The number of nitrogens with one attached hydrogen (secondary N) is 1. The molecule has 2 aromatic carbocycles. The predicted molar refractivity (Wildman–Crippen MR) is 121 cm³/mol. The number of benzene rings is 2. The van der Waals surface area contributed by atoms with Gasteiger partial charge in [-0.1, -0.05) is 29.8 Å².